The van der Waals surface area contributed by atoms with Crippen LogP contribution in [0.25, 0.3) is 27.5 Å². The number of piperidine rings is 1. The quantitative estimate of drug-likeness (QED) is 0.0644. The summed E-state index contributed by atoms with van der Waals surface area (Å²) < 4.78 is 48.7. The summed E-state index contributed by atoms with van der Waals surface area (Å²) in [4.78, 5) is 33.0. The lowest BCUT2D eigenvalue weighted by atomic mass is 9.88. The maximum atomic E-state index is 14.3. The van der Waals surface area contributed by atoms with Gasteiger partial charge in [0.2, 0.25) is 0 Å². The van der Waals surface area contributed by atoms with Gasteiger partial charge in [0.25, 0.3) is 0 Å². The molecule has 0 radical (unpaired) electrons. The highest BCUT2D eigenvalue weighted by molar-refractivity contribution is 7.91. The first-order valence-corrected chi connectivity index (χ1v) is 30.1. The second-order valence-electron chi connectivity index (χ2n) is 19.1. The van der Waals surface area contributed by atoms with Gasteiger partial charge in [-0.25, -0.2) is 23.2 Å². The van der Waals surface area contributed by atoms with Crippen molar-refractivity contribution in [2.45, 2.75) is 133 Å². The third-order valence-electron chi connectivity index (χ3n) is 10.4. The van der Waals surface area contributed by atoms with Gasteiger partial charge in [-0.1, -0.05) is 45.3 Å². The molecule has 2 aliphatic rings. The Hall–Kier alpha value is -3.23. The van der Waals surface area contributed by atoms with Gasteiger partial charge in [0.1, 0.15) is 29.0 Å². The molecule has 0 aliphatic carbocycles. The molecule has 4 aromatic rings. The van der Waals surface area contributed by atoms with Crippen LogP contribution in [0.5, 0.6) is 0 Å². The van der Waals surface area contributed by atoms with Gasteiger partial charge in [-0.2, -0.15) is 9.61 Å². The van der Waals surface area contributed by atoms with Crippen molar-refractivity contribution in [3.8, 4) is 21.8 Å². The molecular weight excluding hydrogens is 795 g/mol. The molecule has 2 atom stereocenters. The molecule has 2 bridgehead atoms. The minimum Gasteiger partial charge on any atom is -0.444 e. The molecule has 0 spiro atoms. The van der Waals surface area contributed by atoms with Crippen LogP contribution in [0, 0.1) is 6.92 Å². The minimum atomic E-state index is -3.90. The molecular formula is C40H61N7O6S2Si2. The molecule has 6 heterocycles. The van der Waals surface area contributed by atoms with Crippen molar-refractivity contribution in [2.75, 3.05) is 37.8 Å². The van der Waals surface area contributed by atoms with Crippen molar-refractivity contribution >= 4 is 54.9 Å². The summed E-state index contributed by atoms with van der Waals surface area (Å²) in [5, 5.41) is 5.69. The van der Waals surface area contributed by atoms with Gasteiger partial charge >= 0.3 is 6.09 Å². The number of fused-ring (bicyclic) bond motifs is 3. The number of ether oxygens (including phenoxy) is 3. The normalized spacial score (nSPS) is 19.1. The maximum absolute atomic E-state index is 14.3. The van der Waals surface area contributed by atoms with E-state index in [0.717, 1.165) is 51.6 Å². The highest BCUT2D eigenvalue weighted by atomic mass is 32.2. The summed E-state index contributed by atoms with van der Waals surface area (Å²) in [6, 6.07) is 5.65. The van der Waals surface area contributed by atoms with Crippen molar-refractivity contribution < 1.29 is 27.4 Å². The van der Waals surface area contributed by atoms with Gasteiger partial charge in [0.15, 0.2) is 21.3 Å². The molecule has 6 rings (SSSR count). The van der Waals surface area contributed by atoms with Crippen LogP contribution in [0.4, 0.5) is 10.6 Å². The topological polar surface area (TPSA) is 141 Å². The smallest absolute Gasteiger partial charge is 0.410 e. The number of pyridine rings is 1. The number of anilines is 1. The number of aromatic nitrogens is 5. The summed E-state index contributed by atoms with van der Waals surface area (Å²) in [6.45, 7) is 22.8. The third kappa shape index (κ3) is 10.7. The SMILES string of the molecule is Cc1cnc(-c2ccc(-c3cnn4c(N(COCC[Si](C)(C)C)COCC[Si](C)(C)C)c(S(C)(=O)=O)c(C5CC6CCC(C5)N6C(=O)OC(C)(C)C)nc34)cn2)s1. The average Bonchev–Trinajstić information content (AvgIpc) is 3.80. The molecule has 0 aromatic carbocycles. The van der Waals surface area contributed by atoms with Gasteiger partial charge in [0.05, 0.1) is 17.6 Å². The molecule has 2 aliphatic heterocycles. The highest BCUT2D eigenvalue weighted by Gasteiger charge is 2.47. The van der Waals surface area contributed by atoms with E-state index in [1.54, 1.807) is 28.2 Å². The second kappa shape index (κ2) is 16.8. The van der Waals surface area contributed by atoms with Gasteiger partial charge in [-0.3, -0.25) is 4.98 Å². The molecule has 4 aromatic heterocycles. The molecule has 13 nitrogen and oxygen atoms in total. The monoisotopic (exact) mass is 855 g/mol. The molecule has 57 heavy (non-hydrogen) atoms. The first-order valence-electron chi connectivity index (χ1n) is 20.0. The Morgan fingerprint density at radius 1 is 0.930 bits per heavy atom. The second-order valence-corrected chi connectivity index (χ2v) is 33.5. The first-order chi connectivity index (χ1) is 26.6. The molecule has 312 valence electrons. The van der Waals surface area contributed by atoms with Crippen molar-refractivity contribution in [1.82, 2.24) is 29.5 Å². The molecule has 0 saturated carbocycles. The number of aryl methyl sites for hydroxylation is 1. The zero-order valence-electron chi connectivity index (χ0n) is 35.6. The fourth-order valence-electron chi connectivity index (χ4n) is 7.53. The zero-order valence-corrected chi connectivity index (χ0v) is 39.2. The summed E-state index contributed by atoms with van der Waals surface area (Å²) in [5.41, 5.74) is 2.66. The van der Waals surface area contributed by atoms with Crippen LogP contribution in [-0.2, 0) is 24.0 Å². The number of hydrogen-bond acceptors (Lipinski definition) is 12. The Morgan fingerprint density at radius 3 is 2.04 bits per heavy atom. The van der Waals surface area contributed by atoms with E-state index >= 15 is 0 Å². The van der Waals surface area contributed by atoms with Crippen molar-refractivity contribution in [2.24, 2.45) is 0 Å². The van der Waals surface area contributed by atoms with Gasteiger partial charge in [-0.05, 0) is 71.5 Å². The number of nitrogens with zero attached hydrogens (tertiary/aromatic N) is 7. The Kier molecular flexibility index (Phi) is 12.8. The van der Waals surface area contributed by atoms with Crippen LogP contribution < -0.4 is 4.90 Å². The van der Waals surface area contributed by atoms with Crippen LogP contribution in [0.2, 0.25) is 51.4 Å². The Morgan fingerprint density at radius 2 is 1.54 bits per heavy atom. The lowest BCUT2D eigenvalue weighted by molar-refractivity contribution is 0.00557. The van der Waals surface area contributed by atoms with Crippen LogP contribution in [0.1, 0.15) is 62.9 Å². The predicted molar refractivity (Wildman–Crippen MR) is 232 cm³/mol. The lowest BCUT2D eigenvalue weighted by Gasteiger charge is -2.40. The van der Waals surface area contributed by atoms with Crippen LogP contribution in [-0.4, -0.2) is 111 Å². The lowest BCUT2D eigenvalue weighted by Crippen LogP contribution is -2.48. The van der Waals surface area contributed by atoms with Gasteiger partial charge < -0.3 is 24.0 Å². The zero-order chi connectivity index (χ0) is 41.5. The molecule has 17 heteroatoms. The summed E-state index contributed by atoms with van der Waals surface area (Å²) in [7, 11) is -6.72. The predicted octanol–water partition coefficient (Wildman–Crippen LogP) is 8.70. The minimum absolute atomic E-state index is 0.0981. The number of amides is 1. The molecule has 1 amide bonds. The standard InChI is InChI=1S/C40H61N7O6S2Si2/c1-27-22-42-37(54-27)33-15-12-28(23-41-33)32-24-43-47-36(32)44-34(29-20-30-13-14-31(21-29)46(30)39(48)53-40(2,3)4)35(55(5,49)50)38(47)45(25-51-16-18-56(6,7)8)26-52-17-19-57(9,10)11/h12,15,22-24,29-31H,13-14,16-21,25-26H2,1-11H3. The van der Waals surface area contributed by atoms with E-state index < -0.39 is 31.6 Å². The average molecular weight is 856 g/mol. The van der Waals surface area contributed by atoms with Crippen molar-refractivity contribution in [3.63, 3.8) is 0 Å². The summed E-state index contributed by atoms with van der Waals surface area (Å²) >= 11 is 1.59. The maximum Gasteiger partial charge on any atom is 0.410 e. The highest BCUT2D eigenvalue weighted by Crippen LogP contribution is 2.46. The number of rotatable bonds is 15. The van der Waals surface area contributed by atoms with E-state index in [1.807, 2.05) is 55.8 Å². The van der Waals surface area contributed by atoms with Crippen molar-refractivity contribution in [3.05, 3.63) is 41.3 Å². The van der Waals surface area contributed by atoms with Crippen LogP contribution >= 0.6 is 11.3 Å². The van der Waals surface area contributed by atoms with Crippen LogP contribution in [0.15, 0.2) is 35.6 Å². The largest absolute Gasteiger partial charge is 0.444 e. The molecule has 0 N–H and O–H groups in total. The van der Waals surface area contributed by atoms with Crippen LogP contribution in [0.3, 0.4) is 0 Å². The Balaban J connectivity index is 1.48. The number of carbonyl (C=O) groups excluding carboxylic acids is 1. The van der Waals surface area contributed by atoms with E-state index in [1.165, 1.54) is 6.26 Å². The summed E-state index contributed by atoms with van der Waals surface area (Å²) in [6.07, 6.45) is 9.06. The van der Waals surface area contributed by atoms with E-state index in [2.05, 4.69) is 44.3 Å². The first kappa shape index (κ1) is 43.4. The summed E-state index contributed by atoms with van der Waals surface area (Å²) in [5.74, 6) is 0.128. The number of thiazole rings is 1. The van der Waals surface area contributed by atoms with E-state index in [-0.39, 0.29) is 42.5 Å². The van der Waals surface area contributed by atoms with Crippen molar-refractivity contribution in [1.29, 1.82) is 0 Å². The fourth-order valence-corrected chi connectivity index (χ4v) is 10.9. The number of sulfone groups is 1. The molecule has 2 fully saturated rings. The van der Waals surface area contributed by atoms with E-state index in [0.29, 0.717) is 43.2 Å². The molecule has 2 saturated heterocycles. The molecule has 2 unspecified atom stereocenters. The van der Waals surface area contributed by atoms with E-state index in [4.69, 9.17) is 29.3 Å². The number of carbonyl (C=O) groups is 1. The van der Waals surface area contributed by atoms with Gasteiger partial charge in [0, 0.05) is 82.0 Å². The third-order valence-corrected chi connectivity index (χ3v) is 15.9. The number of hydrogen-bond donors (Lipinski definition) is 0. The Labute approximate surface area is 344 Å². The van der Waals surface area contributed by atoms with E-state index in [9.17, 15) is 13.2 Å². The van der Waals surface area contributed by atoms with Gasteiger partial charge in [-0.15, -0.1) is 11.3 Å². The Bertz CT molecular complexity index is 2120. The fraction of sp³-hybridized carbons (Fsp3) is 0.625.